The maximum absolute atomic E-state index is 11.4. The average Bonchev–Trinajstić information content (AvgIpc) is 2.65. The van der Waals surface area contributed by atoms with Crippen LogP contribution < -0.4 is 0 Å². The standard InChI is InChI=1S/C12H18N2O3/c1-4-10-9(8-15)11(5-2)14(13-10)7-12(16)17-6-3/h8H,4-7H2,1-3H3. The molecule has 0 aliphatic carbocycles. The zero-order valence-electron chi connectivity index (χ0n) is 10.5. The quantitative estimate of drug-likeness (QED) is 0.555. The van der Waals surface area contributed by atoms with E-state index in [0.717, 1.165) is 17.7 Å². The Balaban J connectivity index is 3.02. The van der Waals surface area contributed by atoms with E-state index in [-0.39, 0.29) is 12.5 Å². The van der Waals surface area contributed by atoms with Gasteiger partial charge in [-0.1, -0.05) is 13.8 Å². The highest BCUT2D eigenvalue weighted by Gasteiger charge is 2.16. The van der Waals surface area contributed by atoms with Crippen LogP contribution in [-0.4, -0.2) is 28.6 Å². The van der Waals surface area contributed by atoms with Crippen molar-refractivity contribution in [2.45, 2.75) is 40.2 Å². The molecular formula is C12H18N2O3. The fourth-order valence-electron chi connectivity index (χ4n) is 1.80. The van der Waals surface area contributed by atoms with Crippen LogP contribution in [0.5, 0.6) is 0 Å². The van der Waals surface area contributed by atoms with Gasteiger partial charge in [0.25, 0.3) is 0 Å². The van der Waals surface area contributed by atoms with Crippen LogP contribution in [0.15, 0.2) is 0 Å². The van der Waals surface area contributed by atoms with Crippen molar-refractivity contribution in [1.29, 1.82) is 0 Å². The first-order valence-electron chi connectivity index (χ1n) is 5.87. The van der Waals surface area contributed by atoms with Crippen molar-refractivity contribution in [3.63, 3.8) is 0 Å². The van der Waals surface area contributed by atoms with Crippen LogP contribution in [0.25, 0.3) is 0 Å². The second kappa shape index (κ2) is 6.18. The molecule has 1 rings (SSSR count). The van der Waals surface area contributed by atoms with E-state index in [1.54, 1.807) is 11.6 Å². The molecule has 0 N–H and O–H groups in total. The zero-order chi connectivity index (χ0) is 12.8. The molecule has 1 aromatic rings. The summed E-state index contributed by atoms with van der Waals surface area (Å²) in [6.07, 6.45) is 2.16. The molecule has 94 valence electrons. The molecule has 0 radical (unpaired) electrons. The lowest BCUT2D eigenvalue weighted by Crippen LogP contribution is -2.16. The van der Waals surface area contributed by atoms with Gasteiger partial charge in [0.05, 0.1) is 17.9 Å². The highest BCUT2D eigenvalue weighted by molar-refractivity contribution is 5.79. The van der Waals surface area contributed by atoms with E-state index in [9.17, 15) is 9.59 Å². The topological polar surface area (TPSA) is 61.2 Å². The van der Waals surface area contributed by atoms with Gasteiger partial charge in [-0.15, -0.1) is 0 Å². The Morgan fingerprint density at radius 2 is 2.06 bits per heavy atom. The van der Waals surface area contributed by atoms with Crippen LogP contribution in [0.3, 0.4) is 0 Å². The number of hydrogen-bond acceptors (Lipinski definition) is 4. The Morgan fingerprint density at radius 1 is 1.35 bits per heavy atom. The molecule has 17 heavy (non-hydrogen) atoms. The molecule has 5 heteroatoms. The van der Waals surface area contributed by atoms with Crippen molar-refractivity contribution in [2.75, 3.05) is 6.61 Å². The van der Waals surface area contributed by atoms with E-state index in [2.05, 4.69) is 5.10 Å². The van der Waals surface area contributed by atoms with Gasteiger partial charge >= 0.3 is 5.97 Å². The molecule has 0 spiro atoms. The van der Waals surface area contributed by atoms with Gasteiger partial charge in [0.1, 0.15) is 6.54 Å². The Kier molecular flexibility index (Phi) is 4.87. The van der Waals surface area contributed by atoms with Gasteiger partial charge in [-0.05, 0) is 19.8 Å². The van der Waals surface area contributed by atoms with Crippen molar-refractivity contribution in [3.8, 4) is 0 Å². The van der Waals surface area contributed by atoms with Crippen LogP contribution in [0.2, 0.25) is 0 Å². The first kappa shape index (κ1) is 13.4. The van der Waals surface area contributed by atoms with Crippen LogP contribution in [0.1, 0.15) is 42.5 Å². The number of nitrogens with zero attached hydrogens (tertiary/aromatic N) is 2. The van der Waals surface area contributed by atoms with Crippen molar-refractivity contribution in [2.24, 2.45) is 0 Å². The van der Waals surface area contributed by atoms with E-state index < -0.39 is 0 Å². The van der Waals surface area contributed by atoms with Crippen molar-refractivity contribution in [3.05, 3.63) is 17.0 Å². The van der Waals surface area contributed by atoms with Gasteiger partial charge < -0.3 is 4.74 Å². The Hall–Kier alpha value is -1.65. The monoisotopic (exact) mass is 238 g/mol. The van der Waals surface area contributed by atoms with Crippen LogP contribution in [-0.2, 0) is 28.9 Å². The minimum atomic E-state index is -0.329. The van der Waals surface area contributed by atoms with Crippen molar-refractivity contribution >= 4 is 12.3 Å². The number of rotatable bonds is 6. The van der Waals surface area contributed by atoms with Crippen molar-refractivity contribution in [1.82, 2.24) is 9.78 Å². The summed E-state index contributed by atoms with van der Waals surface area (Å²) >= 11 is 0. The smallest absolute Gasteiger partial charge is 0.327 e. The number of esters is 1. The van der Waals surface area contributed by atoms with E-state index in [1.807, 2.05) is 13.8 Å². The maximum atomic E-state index is 11.4. The third-order valence-corrected chi connectivity index (χ3v) is 2.55. The number of aryl methyl sites for hydroxylation is 1. The molecule has 0 amide bonds. The van der Waals surface area contributed by atoms with Gasteiger partial charge in [-0.2, -0.15) is 5.10 Å². The molecule has 1 aromatic heterocycles. The Bertz CT molecular complexity index is 410. The molecule has 0 atom stereocenters. The zero-order valence-corrected chi connectivity index (χ0v) is 10.5. The Morgan fingerprint density at radius 3 is 2.53 bits per heavy atom. The molecule has 5 nitrogen and oxygen atoms in total. The minimum absolute atomic E-state index is 0.0673. The van der Waals surface area contributed by atoms with E-state index in [1.165, 1.54) is 0 Å². The largest absolute Gasteiger partial charge is 0.465 e. The molecule has 0 unspecified atom stereocenters. The number of hydrogen-bond donors (Lipinski definition) is 0. The number of aldehydes is 1. The van der Waals surface area contributed by atoms with Crippen LogP contribution in [0, 0.1) is 0 Å². The molecular weight excluding hydrogens is 220 g/mol. The third kappa shape index (κ3) is 2.93. The van der Waals surface area contributed by atoms with Gasteiger partial charge in [-0.3, -0.25) is 14.3 Å². The lowest BCUT2D eigenvalue weighted by atomic mass is 10.1. The first-order valence-corrected chi connectivity index (χ1v) is 5.87. The van der Waals surface area contributed by atoms with Gasteiger partial charge in [0.15, 0.2) is 6.29 Å². The predicted molar refractivity (Wildman–Crippen MR) is 63.0 cm³/mol. The summed E-state index contributed by atoms with van der Waals surface area (Å²) in [4.78, 5) is 22.4. The summed E-state index contributed by atoms with van der Waals surface area (Å²) in [6, 6.07) is 0. The summed E-state index contributed by atoms with van der Waals surface area (Å²) < 4.78 is 6.44. The second-order valence-corrected chi connectivity index (χ2v) is 3.59. The maximum Gasteiger partial charge on any atom is 0.327 e. The normalized spacial score (nSPS) is 10.3. The number of aromatic nitrogens is 2. The van der Waals surface area contributed by atoms with Crippen LogP contribution >= 0.6 is 0 Å². The average molecular weight is 238 g/mol. The lowest BCUT2D eigenvalue weighted by Gasteiger charge is -2.05. The summed E-state index contributed by atoms with van der Waals surface area (Å²) in [5, 5.41) is 4.28. The fraction of sp³-hybridized carbons (Fsp3) is 0.583. The van der Waals surface area contributed by atoms with E-state index in [4.69, 9.17) is 4.74 Å². The van der Waals surface area contributed by atoms with Gasteiger partial charge in [0, 0.05) is 5.69 Å². The summed E-state index contributed by atoms with van der Waals surface area (Å²) in [5.41, 5.74) is 2.14. The fourth-order valence-corrected chi connectivity index (χ4v) is 1.80. The highest BCUT2D eigenvalue weighted by Crippen LogP contribution is 2.14. The molecule has 0 aliphatic heterocycles. The minimum Gasteiger partial charge on any atom is -0.465 e. The number of ether oxygens (including phenoxy) is 1. The second-order valence-electron chi connectivity index (χ2n) is 3.59. The Labute approximate surface area is 101 Å². The first-order chi connectivity index (χ1) is 8.17. The van der Waals surface area contributed by atoms with Gasteiger partial charge in [-0.25, -0.2) is 0 Å². The SMILES string of the molecule is CCOC(=O)Cn1nc(CC)c(C=O)c1CC. The number of carbonyl (C=O) groups excluding carboxylic acids is 2. The molecule has 0 aliphatic rings. The predicted octanol–water partition coefficient (Wildman–Crippen LogP) is 1.38. The summed E-state index contributed by atoms with van der Waals surface area (Å²) in [6.45, 7) is 6.05. The lowest BCUT2D eigenvalue weighted by molar-refractivity contribution is -0.144. The molecule has 1 heterocycles. The third-order valence-electron chi connectivity index (χ3n) is 2.55. The molecule has 0 bridgehead atoms. The number of carbonyl (C=O) groups is 2. The van der Waals surface area contributed by atoms with Gasteiger partial charge in [0.2, 0.25) is 0 Å². The highest BCUT2D eigenvalue weighted by atomic mass is 16.5. The molecule has 0 saturated heterocycles. The molecule has 0 saturated carbocycles. The van der Waals surface area contributed by atoms with Crippen LogP contribution in [0.4, 0.5) is 0 Å². The van der Waals surface area contributed by atoms with E-state index >= 15 is 0 Å². The summed E-state index contributed by atoms with van der Waals surface area (Å²) in [5.74, 6) is -0.329. The molecule has 0 fully saturated rings. The van der Waals surface area contributed by atoms with Crippen molar-refractivity contribution < 1.29 is 14.3 Å². The van der Waals surface area contributed by atoms with E-state index in [0.29, 0.717) is 25.0 Å². The molecule has 0 aromatic carbocycles. The summed E-state index contributed by atoms with van der Waals surface area (Å²) in [7, 11) is 0.